The van der Waals surface area contributed by atoms with Crippen molar-refractivity contribution in [3.05, 3.63) is 71.8 Å². The maximum atomic E-state index is 13.9. The van der Waals surface area contributed by atoms with Crippen molar-refractivity contribution in [1.29, 1.82) is 0 Å². The van der Waals surface area contributed by atoms with Gasteiger partial charge in [0.2, 0.25) is 5.88 Å². The Morgan fingerprint density at radius 3 is 2.02 bits per heavy atom. The van der Waals surface area contributed by atoms with Crippen molar-refractivity contribution in [1.82, 2.24) is 9.97 Å². The lowest BCUT2D eigenvalue weighted by Crippen LogP contribution is -2.46. The first-order chi connectivity index (χ1) is 19.5. The van der Waals surface area contributed by atoms with Crippen LogP contribution in [-0.4, -0.2) is 48.3 Å². The maximum absolute atomic E-state index is 13.9. The molecule has 13 heteroatoms. The molecule has 1 aliphatic carbocycles. The summed E-state index contributed by atoms with van der Waals surface area (Å²) in [5.41, 5.74) is -0.922. The summed E-state index contributed by atoms with van der Waals surface area (Å²) >= 11 is 0. The van der Waals surface area contributed by atoms with E-state index in [1.807, 2.05) is 4.90 Å². The van der Waals surface area contributed by atoms with Gasteiger partial charge in [0.05, 0.1) is 11.1 Å². The molecule has 1 aromatic heterocycles. The minimum Gasteiger partial charge on any atom is -0.474 e. The van der Waals surface area contributed by atoms with Crippen LogP contribution >= 0.6 is 0 Å². The van der Waals surface area contributed by atoms with Crippen LogP contribution in [0.1, 0.15) is 36.8 Å². The molecule has 0 atom stereocenters. The molecule has 2 heterocycles. The molecule has 1 saturated carbocycles. The zero-order valence-corrected chi connectivity index (χ0v) is 21.9. The van der Waals surface area contributed by atoms with Crippen molar-refractivity contribution in [2.24, 2.45) is 0 Å². The fourth-order valence-electron chi connectivity index (χ4n) is 5.19. The van der Waals surface area contributed by atoms with Crippen molar-refractivity contribution in [2.45, 2.75) is 50.2 Å². The molecule has 2 fully saturated rings. The van der Waals surface area contributed by atoms with E-state index in [2.05, 4.69) is 20.2 Å². The predicted molar refractivity (Wildman–Crippen MR) is 140 cm³/mol. The monoisotopic (exact) mass is 583 g/mol. The summed E-state index contributed by atoms with van der Waals surface area (Å²) in [6.45, 7) is 2.48. The maximum Gasteiger partial charge on any atom is 0.419 e. The lowest BCUT2D eigenvalue weighted by molar-refractivity contribution is -0.140. The number of piperazine rings is 1. The Morgan fingerprint density at radius 2 is 1.41 bits per heavy atom. The van der Waals surface area contributed by atoms with Crippen molar-refractivity contribution in [3.63, 3.8) is 0 Å². The SMILES string of the molecule is Fc1cc(NC2CCC(Oc3cc(N4CCN(c5ccc(C(F)(F)F)cc5)CC4)ncn3)CC2)ccc1C(F)(F)F. The Morgan fingerprint density at radius 1 is 0.756 bits per heavy atom. The standard InChI is InChI=1S/C28H28F7N5O/c29-24-15-20(5-10-23(24)28(33,34)35)38-19-3-8-22(9-4-19)41-26-16-25(36-17-37-26)40-13-11-39(12-14-40)21-6-1-18(2-7-21)27(30,31)32/h1-2,5-7,10,15-17,19,22,38H,3-4,8-9,11-14H2. The number of aromatic nitrogens is 2. The van der Waals surface area contributed by atoms with Crippen LogP contribution in [0.2, 0.25) is 0 Å². The van der Waals surface area contributed by atoms with Crippen LogP contribution in [0.3, 0.4) is 0 Å². The minimum atomic E-state index is -4.73. The summed E-state index contributed by atoms with van der Waals surface area (Å²) in [4.78, 5) is 12.7. The van der Waals surface area contributed by atoms with Gasteiger partial charge in [-0.25, -0.2) is 14.4 Å². The van der Waals surface area contributed by atoms with Crippen LogP contribution < -0.4 is 19.9 Å². The van der Waals surface area contributed by atoms with Crippen molar-refractivity contribution in [2.75, 3.05) is 41.3 Å². The molecule has 0 unspecified atom stereocenters. The number of benzene rings is 2. The van der Waals surface area contributed by atoms with E-state index in [1.54, 1.807) is 6.07 Å². The van der Waals surface area contributed by atoms with Crippen LogP contribution in [-0.2, 0) is 12.4 Å². The molecule has 6 nitrogen and oxygen atoms in total. The zero-order valence-electron chi connectivity index (χ0n) is 21.9. The molecule has 1 N–H and O–H groups in total. The minimum absolute atomic E-state index is 0.0205. The van der Waals surface area contributed by atoms with Crippen LogP contribution in [0.25, 0.3) is 0 Å². The van der Waals surface area contributed by atoms with Gasteiger partial charge in [0, 0.05) is 49.7 Å². The first kappa shape index (κ1) is 28.7. The van der Waals surface area contributed by atoms with E-state index in [-0.39, 0.29) is 12.1 Å². The smallest absolute Gasteiger partial charge is 0.419 e. The molecule has 1 aliphatic heterocycles. The number of ether oxygens (including phenoxy) is 1. The summed E-state index contributed by atoms with van der Waals surface area (Å²) in [5, 5.41) is 3.11. The van der Waals surface area contributed by atoms with E-state index >= 15 is 0 Å². The second-order valence-corrected chi connectivity index (χ2v) is 10.2. The van der Waals surface area contributed by atoms with Gasteiger partial charge in [-0.1, -0.05) is 0 Å². The lowest BCUT2D eigenvalue weighted by Gasteiger charge is -2.37. The molecule has 0 radical (unpaired) electrons. The van der Waals surface area contributed by atoms with Crippen LogP contribution in [0.15, 0.2) is 54.9 Å². The van der Waals surface area contributed by atoms with Crippen LogP contribution in [0, 0.1) is 5.82 Å². The van der Waals surface area contributed by atoms with E-state index in [0.29, 0.717) is 69.2 Å². The number of hydrogen-bond acceptors (Lipinski definition) is 6. The Hall–Kier alpha value is -3.77. The fourth-order valence-corrected chi connectivity index (χ4v) is 5.19. The largest absolute Gasteiger partial charge is 0.474 e. The highest BCUT2D eigenvalue weighted by Gasteiger charge is 2.34. The Balaban J connectivity index is 1.10. The van der Waals surface area contributed by atoms with Gasteiger partial charge >= 0.3 is 12.4 Å². The molecule has 3 aromatic rings. The summed E-state index contributed by atoms with van der Waals surface area (Å²) in [6, 6.07) is 9.76. The van der Waals surface area contributed by atoms with Crippen molar-refractivity contribution < 1.29 is 35.5 Å². The average Bonchev–Trinajstić information content (AvgIpc) is 2.93. The molecule has 0 bridgehead atoms. The molecule has 2 aliphatic rings. The van der Waals surface area contributed by atoms with Crippen LogP contribution in [0.4, 0.5) is 47.9 Å². The van der Waals surface area contributed by atoms with E-state index in [9.17, 15) is 30.7 Å². The summed E-state index contributed by atoms with van der Waals surface area (Å²) in [7, 11) is 0. The normalized spacial score (nSPS) is 20.2. The average molecular weight is 584 g/mol. The molecule has 2 aromatic carbocycles. The molecular formula is C28H28F7N5O. The van der Waals surface area contributed by atoms with Crippen molar-refractivity contribution >= 4 is 17.2 Å². The summed E-state index contributed by atoms with van der Waals surface area (Å²) in [6.07, 6.45) is -5.01. The van der Waals surface area contributed by atoms with Gasteiger partial charge in [-0.05, 0) is 68.1 Å². The Bertz CT molecular complexity index is 1320. The van der Waals surface area contributed by atoms with Gasteiger partial charge in [0.25, 0.3) is 0 Å². The predicted octanol–water partition coefficient (Wildman–Crippen LogP) is 6.78. The second kappa shape index (κ2) is 11.6. The first-order valence-corrected chi connectivity index (χ1v) is 13.2. The van der Waals surface area contributed by atoms with Crippen LogP contribution in [0.5, 0.6) is 5.88 Å². The lowest BCUT2D eigenvalue weighted by atomic mass is 9.92. The molecule has 0 amide bonds. The zero-order chi connectivity index (χ0) is 29.2. The molecule has 0 spiro atoms. The highest BCUT2D eigenvalue weighted by Crippen LogP contribution is 2.34. The first-order valence-electron chi connectivity index (χ1n) is 13.2. The topological polar surface area (TPSA) is 53.5 Å². The van der Waals surface area contributed by atoms with Gasteiger partial charge in [-0.3, -0.25) is 0 Å². The Labute approximate surface area is 232 Å². The van der Waals surface area contributed by atoms with E-state index in [0.717, 1.165) is 30.0 Å². The summed E-state index contributed by atoms with van der Waals surface area (Å²) < 4.78 is 96.9. The van der Waals surface area contributed by atoms with E-state index in [4.69, 9.17) is 4.74 Å². The van der Waals surface area contributed by atoms with Gasteiger partial charge in [0.1, 0.15) is 24.1 Å². The van der Waals surface area contributed by atoms with Gasteiger partial charge in [0.15, 0.2) is 0 Å². The third-order valence-corrected chi connectivity index (χ3v) is 7.40. The third-order valence-electron chi connectivity index (χ3n) is 7.40. The third kappa shape index (κ3) is 7.12. The number of nitrogens with zero attached hydrogens (tertiary/aromatic N) is 4. The number of hydrogen-bond donors (Lipinski definition) is 1. The van der Waals surface area contributed by atoms with Gasteiger partial charge in [-0.2, -0.15) is 26.3 Å². The molecule has 220 valence electrons. The Kier molecular flexibility index (Phi) is 8.14. The van der Waals surface area contributed by atoms with Gasteiger partial charge in [-0.15, -0.1) is 0 Å². The van der Waals surface area contributed by atoms with Gasteiger partial charge < -0.3 is 19.9 Å². The quantitative estimate of drug-likeness (QED) is 0.323. The number of anilines is 3. The highest BCUT2D eigenvalue weighted by molar-refractivity contribution is 5.51. The number of halogens is 7. The number of alkyl halides is 6. The highest BCUT2D eigenvalue weighted by atomic mass is 19.4. The second-order valence-electron chi connectivity index (χ2n) is 10.2. The molecular weight excluding hydrogens is 555 g/mol. The fraction of sp³-hybridized carbons (Fsp3) is 0.429. The molecule has 41 heavy (non-hydrogen) atoms. The van der Waals surface area contributed by atoms with Crippen molar-refractivity contribution in [3.8, 4) is 5.88 Å². The molecule has 5 rings (SSSR count). The van der Waals surface area contributed by atoms with E-state index < -0.39 is 29.3 Å². The number of nitrogens with one attached hydrogen (secondary N) is 1. The van der Waals surface area contributed by atoms with E-state index in [1.165, 1.54) is 24.5 Å². The molecule has 1 saturated heterocycles. The summed E-state index contributed by atoms with van der Waals surface area (Å²) in [5.74, 6) is -0.178. The number of rotatable bonds is 6.